The predicted octanol–water partition coefficient (Wildman–Crippen LogP) is 1.64. The summed E-state index contributed by atoms with van der Waals surface area (Å²) in [4.78, 5) is 12.1. The van der Waals surface area contributed by atoms with Gasteiger partial charge < -0.3 is 15.2 Å². The van der Waals surface area contributed by atoms with Gasteiger partial charge in [0.05, 0.1) is 6.54 Å². The van der Waals surface area contributed by atoms with Crippen LogP contribution in [-0.2, 0) is 17.8 Å². The minimum absolute atomic E-state index is 0.0168. The first-order chi connectivity index (χ1) is 9.22. The van der Waals surface area contributed by atoms with Crippen LogP contribution in [0.25, 0.3) is 0 Å². The summed E-state index contributed by atoms with van der Waals surface area (Å²) >= 11 is 0. The van der Waals surface area contributed by atoms with E-state index in [1.165, 1.54) is 5.56 Å². The van der Waals surface area contributed by atoms with Gasteiger partial charge in [-0.05, 0) is 18.6 Å². The van der Waals surface area contributed by atoms with Gasteiger partial charge in [0, 0.05) is 18.2 Å². The number of carbonyl (C=O) groups excluding carboxylic acids is 1. The lowest BCUT2D eigenvalue weighted by molar-refractivity contribution is -0.121. The Hall–Kier alpha value is -2.30. The number of amides is 1. The molecule has 0 unspecified atom stereocenters. The molecule has 0 spiro atoms. The summed E-state index contributed by atoms with van der Waals surface area (Å²) in [6, 6.07) is 9.59. The Bertz CT molecular complexity index is 581. The summed E-state index contributed by atoms with van der Waals surface area (Å²) in [5.74, 6) is 0.729. The molecular weight excluding hydrogens is 242 g/mol. The van der Waals surface area contributed by atoms with Gasteiger partial charge in [0.2, 0.25) is 5.91 Å². The van der Waals surface area contributed by atoms with Crippen LogP contribution in [0.3, 0.4) is 0 Å². The zero-order chi connectivity index (χ0) is 13.2. The number of aromatic nitrogens is 1. The highest BCUT2D eigenvalue weighted by molar-refractivity contribution is 5.87. The highest BCUT2D eigenvalue weighted by Crippen LogP contribution is 2.25. The molecule has 0 fully saturated rings. The van der Waals surface area contributed by atoms with Crippen molar-refractivity contribution >= 4 is 11.6 Å². The zero-order valence-electron chi connectivity index (χ0n) is 10.6. The van der Waals surface area contributed by atoms with Crippen molar-refractivity contribution < 1.29 is 9.32 Å². The second-order valence-electron chi connectivity index (χ2n) is 4.70. The Morgan fingerprint density at radius 1 is 1.53 bits per heavy atom. The number of para-hydroxylation sites is 1. The van der Waals surface area contributed by atoms with E-state index >= 15 is 0 Å². The van der Waals surface area contributed by atoms with Crippen LogP contribution >= 0.6 is 0 Å². The summed E-state index contributed by atoms with van der Waals surface area (Å²) in [6.45, 7) is 2.22. The van der Waals surface area contributed by atoms with Crippen molar-refractivity contribution in [2.75, 3.05) is 5.32 Å². The summed E-state index contributed by atoms with van der Waals surface area (Å²) in [5.41, 5.74) is 2.96. The van der Waals surface area contributed by atoms with E-state index < -0.39 is 0 Å². The third-order valence-corrected chi connectivity index (χ3v) is 3.21. The average Bonchev–Trinajstić information content (AvgIpc) is 3.01. The number of nitrogens with one attached hydrogen (secondary N) is 2. The van der Waals surface area contributed by atoms with Crippen molar-refractivity contribution in [3.8, 4) is 0 Å². The van der Waals surface area contributed by atoms with E-state index in [9.17, 15) is 4.79 Å². The van der Waals surface area contributed by atoms with Crippen LogP contribution in [0.2, 0.25) is 0 Å². The normalized spacial score (nSPS) is 16.8. The Morgan fingerprint density at radius 2 is 2.37 bits per heavy atom. The Kier molecular flexibility index (Phi) is 2.95. The zero-order valence-corrected chi connectivity index (χ0v) is 10.6. The van der Waals surface area contributed by atoms with Crippen LogP contribution in [0.4, 0.5) is 5.69 Å². The van der Waals surface area contributed by atoms with Gasteiger partial charge in [0.25, 0.3) is 0 Å². The van der Waals surface area contributed by atoms with Crippen LogP contribution in [0.15, 0.2) is 34.9 Å². The molecule has 1 atom stereocenters. The van der Waals surface area contributed by atoms with Crippen molar-refractivity contribution in [2.24, 2.45) is 0 Å². The standard InChI is InChI=1S/C14H15N3O2/c1-9-6-11(17-19-9)8-15-14(18)13-7-10-4-2-3-5-12(10)16-13/h2-6,13,16H,7-8H2,1H3,(H,15,18)/t13-/m0/s1. The van der Waals surface area contributed by atoms with Gasteiger partial charge >= 0.3 is 0 Å². The summed E-state index contributed by atoms with van der Waals surface area (Å²) < 4.78 is 4.96. The maximum Gasteiger partial charge on any atom is 0.243 e. The van der Waals surface area contributed by atoms with Crippen molar-refractivity contribution in [3.05, 3.63) is 47.3 Å². The quantitative estimate of drug-likeness (QED) is 0.877. The van der Waals surface area contributed by atoms with Gasteiger partial charge in [-0.1, -0.05) is 23.4 Å². The number of nitrogens with zero attached hydrogens (tertiary/aromatic N) is 1. The van der Waals surface area contributed by atoms with Crippen molar-refractivity contribution in [1.82, 2.24) is 10.5 Å². The van der Waals surface area contributed by atoms with Crippen molar-refractivity contribution in [2.45, 2.75) is 25.9 Å². The molecule has 3 rings (SSSR count). The van der Waals surface area contributed by atoms with Gasteiger partial charge in [-0.25, -0.2) is 0 Å². The molecule has 1 aliphatic heterocycles. The number of carbonyl (C=O) groups is 1. The molecule has 0 aliphatic carbocycles. The molecule has 98 valence electrons. The Labute approximate surface area is 111 Å². The van der Waals surface area contributed by atoms with E-state index in [1.807, 2.05) is 37.3 Å². The highest BCUT2D eigenvalue weighted by Gasteiger charge is 2.26. The van der Waals surface area contributed by atoms with Crippen LogP contribution in [0.1, 0.15) is 17.0 Å². The van der Waals surface area contributed by atoms with Crippen LogP contribution in [-0.4, -0.2) is 17.1 Å². The van der Waals surface area contributed by atoms with E-state index in [0.717, 1.165) is 23.6 Å². The van der Waals surface area contributed by atoms with Gasteiger partial charge in [0.1, 0.15) is 17.5 Å². The van der Waals surface area contributed by atoms with Crippen LogP contribution in [0.5, 0.6) is 0 Å². The number of rotatable bonds is 3. The van der Waals surface area contributed by atoms with Crippen molar-refractivity contribution in [1.29, 1.82) is 0 Å². The molecule has 1 aromatic heterocycles. The fraction of sp³-hybridized carbons (Fsp3) is 0.286. The second-order valence-corrected chi connectivity index (χ2v) is 4.70. The maximum atomic E-state index is 12.1. The maximum absolute atomic E-state index is 12.1. The predicted molar refractivity (Wildman–Crippen MR) is 70.6 cm³/mol. The lowest BCUT2D eigenvalue weighted by Gasteiger charge is -2.10. The van der Waals surface area contributed by atoms with Crippen LogP contribution in [0, 0.1) is 6.92 Å². The molecule has 1 aromatic carbocycles. The fourth-order valence-corrected chi connectivity index (χ4v) is 2.26. The highest BCUT2D eigenvalue weighted by atomic mass is 16.5. The summed E-state index contributed by atoms with van der Waals surface area (Å²) in [5, 5.41) is 9.93. The van der Waals surface area contributed by atoms with Gasteiger partial charge in [-0.3, -0.25) is 4.79 Å². The van der Waals surface area contributed by atoms with E-state index in [1.54, 1.807) is 0 Å². The topological polar surface area (TPSA) is 67.2 Å². The molecule has 2 aromatic rings. The first-order valence-corrected chi connectivity index (χ1v) is 6.27. The molecule has 2 heterocycles. The molecule has 0 saturated carbocycles. The van der Waals surface area contributed by atoms with Gasteiger partial charge in [-0.2, -0.15) is 0 Å². The van der Waals surface area contributed by atoms with Gasteiger partial charge in [0.15, 0.2) is 0 Å². The minimum Gasteiger partial charge on any atom is -0.373 e. The number of hydrogen-bond acceptors (Lipinski definition) is 4. The molecule has 5 nitrogen and oxygen atoms in total. The third kappa shape index (κ3) is 2.45. The van der Waals surface area contributed by atoms with Gasteiger partial charge in [-0.15, -0.1) is 0 Å². The monoisotopic (exact) mass is 257 g/mol. The van der Waals surface area contributed by atoms with E-state index in [4.69, 9.17) is 4.52 Å². The Morgan fingerprint density at radius 3 is 3.11 bits per heavy atom. The molecule has 0 saturated heterocycles. The second kappa shape index (κ2) is 4.76. The molecule has 1 aliphatic rings. The molecular formula is C14H15N3O2. The third-order valence-electron chi connectivity index (χ3n) is 3.21. The van der Waals surface area contributed by atoms with E-state index in [2.05, 4.69) is 15.8 Å². The summed E-state index contributed by atoms with van der Waals surface area (Å²) in [7, 11) is 0. The molecule has 0 radical (unpaired) electrons. The SMILES string of the molecule is Cc1cc(CNC(=O)[C@@H]2Cc3ccccc3N2)no1. The van der Waals surface area contributed by atoms with E-state index in [-0.39, 0.29) is 11.9 Å². The molecule has 5 heteroatoms. The number of anilines is 1. The summed E-state index contributed by atoms with van der Waals surface area (Å²) in [6.07, 6.45) is 0.722. The lowest BCUT2D eigenvalue weighted by atomic mass is 10.1. The van der Waals surface area contributed by atoms with Crippen LogP contribution < -0.4 is 10.6 Å². The number of benzene rings is 1. The minimum atomic E-state index is -0.203. The Balaban J connectivity index is 1.58. The molecule has 1 amide bonds. The average molecular weight is 257 g/mol. The first kappa shape index (κ1) is 11.8. The first-order valence-electron chi connectivity index (χ1n) is 6.27. The fourth-order valence-electron chi connectivity index (χ4n) is 2.26. The van der Waals surface area contributed by atoms with E-state index in [0.29, 0.717) is 6.54 Å². The number of hydrogen-bond donors (Lipinski definition) is 2. The van der Waals surface area contributed by atoms with Crippen molar-refractivity contribution in [3.63, 3.8) is 0 Å². The molecule has 19 heavy (non-hydrogen) atoms. The number of aryl methyl sites for hydroxylation is 1. The largest absolute Gasteiger partial charge is 0.373 e. The molecule has 0 bridgehead atoms. The lowest BCUT2D eigenvalue weighted by Crippen LogP contribution is -2.38. The number of fused-ring (bicyclic) bond motifs is 1. The smallest absolute Gasteiger partial charge is 0.243 e. The molecule has 2 N–H and O–H groups in total.